The maximum atomic E-state index is 12.4. The van der Waals surface area contributed by atoms with Crippen LogP contribution in [-0.2, 0) is 15.7 Å². The summed E-state index contributed by atoms with van der Waals surface area (Å²) in [6.45, 7) is 0. The van der Waals surface area contributed by atoms with E-state index in [-0.39, 0.29) is 0 Å². The number of ether oxygens (including phenoxy) is 1. The molecule has 94 valence electrons. The van der Waals surface area contributed by atoms with Gasteiger partial charge in [-0.05, 0) is 6.07 Å². The Kier molecular flexibility index (Phi) is 3.94. The second-order valence-electron chi connectivity index (χ2n) is 3.03. The Morgan fingerprint density at radius 3 is 2.65 bits per heavy atom. The Bertz CT molecular complexity index is 436. The number of carbonyl (C=O) groups excluding carboxylic acids is 1. The molecule has 1 rings (SSSR count). The molecule has 1 unspecified atom stereocenters. The van der Waals surface area contributed by atoms with Gasteiger partial charge >= 0.3 is 12.1 Å². The highest BCUT2D eigenvalue weighted by Gasteiger charge is 2.33. The fourth-order valence-corrected chi connectivity index (χ4v) is 1.26. The van der Waals surface area contributed by atoms with Gasteiger partial charge < -0.3 is 9.84 Å². The zero-order chi connectivity index (χ0) is 13.2. The number of hydrogen-bond donors (Lipinski definition) is 1. The van der Waals surface area contributed by atoms with Crippen LogP contribution in [0.5, 0.6) is 0 Å². The minimum absolute atomic E-state index is 0.393. The third kappa shape index (κ3) is 3.07. The fourth-order valence-electron chi connectivity index (χ4n) is 1.05. The molecule has 1 heterocycles. The third-order valence-corrected chi connectivity index (χ3v) is 2.23. The predicted molar refractivity (Wildman–Crippen MR) is 51.2 cm³/mol. The van der Waals surface area contributed by atoms with Crippen LogP contribution in [0.1, 0.15) is 17.2 Å². The second kappa shape index (κ2) is 4.89. The summed E-state index contributed by atoms with van der Waals surface area (Å²) >= 11 is 5.50. The van der Waals surface area contributed by atoms with Gasteiger partial charge in [-0.2, -0.15) is 13.2 Å². The molecule has 0 aliphatic carbocycles. The van der Waals surface area contributed by atoms with Crippen LogP contribution in [0.4, 0.5) is 13.2 Å². The molecule has 0 aliphatic heterocycles. The van der Waals surface area contributed by atoms with Crippen LogP contribution < -0.4 is 0 Å². The van der Waals surface area contributed by atoms with Crippen molar-refractivity contribution in [2.24, 2.45) is 0 Å². The number of pyridine rings is 1. The minimum Gasteiger partial charge on any atom is -0.467 e. The maximum Gasteiger partial charge on any atom is 0.417 e. The van der Waals surface area contributed by atoms with Crippen molar-refractivity contribution in [3.63, 3.8) is 0 Å². The number of hydrogen-bond acceptors (Lipinski definition) is 4. The summed E-state index contributed by atoms with van der Waals surface area (Å²) in [5, 5.41) is 9.00. The lowest BCUT2D eigenvalue weighted by molar-refractivity contribution is -0.151. The Morgan fingerprint density at radius 2 is 2.18 bits per heavy atom. The first-order valence-electron chi connectivity index (χ1n) is 4.26. The molecule has 0 saturated carbocycles. The monoisotopic (exact) mass is 269 g/mol. The number of alkyl halides is 3. The average Bonchev–Trinajstić information content (AvgIpc) is 2.26. The average molecular weight is 270 g/mol. The zero-order valence-electron chi connectivity index (χ0n) is 8.45. The first-order valence-corrected chi connectivity index (χ1v) is 4.63. The summed E-state index contributed by atoms with van der Waals surface area (Å²) in [7, 11) is 0.987. The summed E-state index contributed by atoms with van der Waals surface area (Å²) in [6.07, 6.45) is -6.03. The number of methoxy groups -OCH3 is 1. The van der Waals surface area contributed by atoms with Crippen molar-refractivity contribution in [2.45, 2.75) is 12.3 Å². The van der Waals surface area contributed by atoms with Crippen molar-refractivity contribution < 1.29 is 27.8 Å². The van der Waals surface area contributed by atoms with E-state index in [1.165, 1.54) is 0 Å². The molecule has 0 spiro atoms. The molecular weight excluding hydrogens is 263 g/mol. The van der Waals surface area contributed by atoms with Crippen molar-refractivity contribution in [3.05, 3.63) is 28.5 Å². The molecule has 1 aromatic rings. The first kappa shape index (κ1) is 13.7. The molecule has 0 amide bonds. The molecule has 0 radical (unpaired) electrons. The standard InChI is InChI=1S/C9H7ClF3NO3/c1-17-8(16)6(15)5-2-4(9(11,12)13)3-14-7(5)10/h2-3,6,15H,1H3. The van der Waals surface area contributed by atoms with Gasteiger partial charge in [0.1, 0.15) is 5.15 Å². The Hall–Kier alpha value is -1.34. The molecule has 4 nitrogen and oxygen atoms in total. The van der Waals surface area contributed by atoms with Crippen LogP contribution in [0.25, 0.3) is 0 Å². The molecule has 0 fully saturated rings. The van der Waals surface area contributed by atoms with Gasteiger partial charge in [-0.1, -0.05) is 11.6 Å². The normalized spacial score (nSPS) is 13.3. The van der Waals surface area contributed by atoms with E-state index < -0.39 is 34.5 Å². The number of rotatable bonds is 2. The lowest BCUT2D eigenvalue weighted by atomic mass is 10.1. The van der Waals surface area contributed by atoms with Crippen LogP contribution in [0.2, 0.25) is 5.15 Å². The molecule has 8 heteroatoms. The van der Waals surface area contributed by atoms with Crippen LogP contribution in [0, 0.1) is 0 Å². The topological polar surface area (TPSA) is 59.4 Å². The molecule has 0 saturated heterocycles. The van der Waals surface area contributed by atoms with Crippen molar-refractivity contribution in [1.29, 1.82) is 0 Å². The highest BCUT2D eigenvalue weighted by Crippen LogP contribution is 2.32. The fraction of sp³-hybridized carbons (Fsp3) is 0.333. The summed E-state index contributed by atoms with van der Waals surface area (Å²) in [4.78, 5) is 14.2. The Labute approximate surface area is 99.0 Å². The van der Waals surface area contributed by atoms with Crippen molar-refractivity contribution in [1.82, 2.24) is 4.98 Å². The first-order chi connectivity index (χ1) is 7.77. The molecule has 1 N–H and O–H groups in total. The highest BCUT2D eigenvalue weighted by atomic mass is 35.5. The summed E-state index contributed by atoms with van der Waals surface area (Å²) in [5.74, 6) is -1.12. The van der Waals surface area contributed by atoms with Crippen LogP contribution in [0.3, 0.4) is 0 Å². The summed E-state index contributed by atoms with van der Waals surface area (Å²) in [5.41, 5.74) is -1.56. The Balaban J connectivity index is 3.20. The number of carbonyl (C=O) groups is 1. The number of halogens is 4. The quantitative estimate of drug-likeness (QED) is 0.659. The van der Waals surface area contributed by atoms with Crippen molar-refractivity contribution >= 4 is 17.6 Å². The van der Waals surface area contributed by atoms with Gasteiger partial charge in [-0.3, -0.25) is 0 Å². The molecule has 1 atom stereocenters. The molecule has 1 aromatic heterocycles. The minimum atomic E-state index is -4.64. The number of nitrogens with zero attached hydrogens (tertiary/aromatic N) is 1. The van der Waals surface area contributed by atoms with Crippen molar-refractivity contribution in [2.75, 3.05) is 7.11 Å². The van der Waals surface area contributed by atoms with Gasteiger partial charge in [-0.15, -0.1) is 0 Å². The lowest BCUT2D eigenvalue weighted by Gasteiger charge is -2.12. The third-order valence-electron chi connectivity index (χ3n) is 1.91. The summed E-state index contributed by atoms with van der Waals surface area (Å²) in [6, 6.07) is 0.552. The number of aliphatic hydroxyl groups excluding tert-OH is 1. The van der Waals surface area contributed by atoms with Gasteiger partial charge in [0.05, 0.1) is 12.7 Å². The van der Waals surface area contributed by atoms with Crippen molar-refractivity contribution in [3.8, 4) is 0 Å². The van der Waals surface area contributed by atoms with Crippen LogP contribution in [-0.4, -0.2) is 23.2 Å². The predicted octanol–water partition coefficient (Wildman–Crippen LogP) is 1.96. The maximum absolute atomic E-state index is 12.4. The van der Waals surface area contributed by atoms with E-state index in [4.69, 9.17) is 11.6 Å². The van der Waals surface area contributed by atoms with Gasteiger partial charge in [0.15, 0.2) is 6.10 Å². The van der Waals surface area contributed by atoms with E-state index >= 15 is 0 Å². The van der Waals surface area contributed by atoms with E-state index in [0.717, 1.165) is 7.11 Å². The SMILES string of the molecule is COC(=O)C(O)c1cc(C(F)(F)F)cnc1Cl. The molecule has 17 heavy (non-hydrogen) atoms. The van der Waals surface area contributed by atoms with Crippen LogP contribution >= 0.6 is 11.6 Å². The highest BCUT2D eigenvalue weighted by molar-refractivity contribution is 6.30. The van der Waals surface area contributed by atoms with E-state index in [1.54, 1.807) is 0 Å². The summed E-state index contributed by atoms with van der Waals surface area (Å²) < 4.78 is 41.3. The Morgan fingerprint density at radius 1 is 1.59 bits per heavy atom. The van der Waals surface area contributed by atoms with Gasteiger partial charge in [-0.25, -0.2) is 9.78 Å². The number of aliphatic hydroxyl groups is 1. The number of aromatic nitrogens is 1. The zero-order valence-corrected chi connectivity index (χ0v) is 9.21. The molecule has 0 aromatic carbocycles. The van der Waals surface area contributed by atoms with Gasteiger partial charge in [0.2, 0.25) is 0 Å². The van der Waals surface area contributed by atoms with E-state index in [2.05, 4.69) is 9.72 Å². The second-order valence-corrected chi connectivity index (χ2v) is 3.39. The van der Waals surface area contributed by atoms with Crippen LogP contribution in [0.15, 0.2) is 12.3 Å². The number of esters is 1. The largest absolute Gasteiger partial charge is 0.467 e. The lowest BCUT2D eigenvalue weighted by Crippen LogP contribution is -2.16. The van der Waals surface area contributed by atoms with E-state index in [0.29, 0.717) is 12.3 Å². The molecular formula is C9H7ClF3NO3. The molecule has 0 aliphatic rings. The van der Waals surface area contributed by atoms with E-state index in [1.807, 2.05) is 0 Å². The smallest absolute Gasteiger partial charge is 0.417 e. The van der Waals surface area contributed by atoms with Gasteiger partial charge in [0.25, 0.3) is 0 Å². The molecule has 0 bridgehead atoms. The van der Waals surface area contributed by atoms with E-state index in [9.17, 15) is 23.1 Å². The van der Waals surface area contributed by atoms with Gasteiger partial charge in [0, 0.05) is 11.8 Å².